The average Bonchev–Trinajstić information content (AvgIpc) is 2.43. The molecule has 0 atom stereocenters. The van der Waals surface area contributed by atoms with Crippen molar-refractivity contribution in [3.8, 4) is 0 Å². The van der Waals surface area contributed by atoms with E-state index in [1.807, 2.05) is 0 Å². The molecule has 0 aromatic heterocycles. The highest BCUT2D eigenvalue weighted by Gasteiger charge is 2.13. The first-order chi connectivity index (χ1) is 9.49. The van der Waals surface area contributed by atoms with Crippen LogP contribution >= 0.6 is 23.2 Å². The maximum absolute atomic E-state index is 12.0. The van der Waals surface area contributed by atoms with Crippen molar-refractivity contribution in [1.29, 1.82) is 0 Å². The third kappa shape index (κ3) is 3.07. The van der Waals surface area contributed by atoms with E-state index in [-0.39, 0.29) is 11.3 Å². The van der Waals surface area contributed by atoms with Gasteiger partial charge in [-0.05, 0) is 24.3 Å². The fraction of sp³-hybridized carbons (Fsp3) is 0. The number of carbonyl (C=O) groups is 1. The second-order valence-corrected chi connectivity index (χ2v) is 4.67. The fourth-order valence-corrected chi connectivity index (χ4v) is 2.03. The van der Waals surface area contributed by atoms with Crippen LogP contribution in [0.5, 0.6) is 0 Å². The quantitative estimate of drug-likeness (QED) is 0.683. The number of hydrogen-bond acceptors (Lipinski definition) is 3. The summed E-state index contributed by atoms with van der Waals surface area (Å²) in [7, 11) is 0. The number of nitro benzene ring substituents is 1. The average molecular weight is 311 g/mol. The Bertz CT molecular complexity index is 652. The van der Waals surface area contributed by atoms with Crippen LogP contribution in [0.4, 0.5) is 11.4 Å². The second-order valence-electron chi connectivity index (χ2n) is 3.85. The molecular formula is C13H8Cl2N2O3. The van der Waals surface area contributed by atoms with E-state index >= 15 is 0 Å². The van der Waals surface area contributed by atoms with Crippen LogP contribution in [0, 0.1) is 10.1 Å². The molecule has 0 heterocycles. The minimum absolute atomic E-state index is 0.0858. The third-order valence-corrected chi connectivity index (χ3v) is 3.17. The Morgan fingerprint density at radius 3 is 2.10 bits per heavy atom. The monoisotopic (exact) mass is 310 g/mol. The van der Waals surface area contributed by atoms with Crippen LogP contribution < -0.4 is 5.32 Å². The predicted octanol–water partition coefficient (Wildman–Crippen LogP) is 4.15. The highest BCUT2D eigenvalue weighted by Crippen LogP contribution is 2.30. The molecule has 0 radical (unpaired) electrons. The lowest BCUT2D eigenvalue weighted by Crippen LogP contribution is -2.12. The molecule has 0 aliphatic heterocycles. The van der Waals surface area contributed by atoms with Crippen LogP contribution in [0.2, 0.25) is 10.0 Å². The van der Waals surface area contributed by atoms with Gasteiger partial charge in [-0.15, -0.1) is 0 Å². The molecule has 20 heavy (non-hydrogen) atoms. The topological polar surface area (TPSA) is 72.2 Å². The minimum atomic E-state index is -0.535. The van der Waals surface area contributed by atoms with E-state index < -0.39 is 10.8 Å². The van der Waals surface area contributed by atoms with E-state index in [4.69, 9.17) is 23.2 Å². The summed E-state index contributed by atoms with van der Waals surface area (Å²) in [6.07, 6.45) is 0. The van der Waals surface area contributed by atoms with Crippen molar-refractivity contribution < 1.29 is 9.72 Å². The number of nitro groups is 1. The maximum atomic E-state index is 12.0. The molecule has 0 fully saturated rings. The van der Waals surface area contributed by atoms with E-state index in [0.717, 1.165) is 0 Å². The summed E-state index contributed by atoms with van der Waals surface area (Å²) < 4.78 is 0. The molecule has 0 spiro atoms. The molecule has 0 saturated heterocycles. The van der Waals surface area contributed by atoms with Crippen LogP contribution in [-0.4, -0.2) is 10.8 Å². The number of benzene rings is 2. The van der Waals surface area contributed by atoms with Crippen LogP contribution in [0.3, 0.4) is 0 Å². The standard InChI is InChI=1S/C13H8Cl2N2O3/c14-10-2-1-3-11(15)12(10)16-13(18)8-4-6-9(7-5-8)17(19)20/h1-7H,(H,16,18). The van der Waals surface area contributed by atoms with Crippen molar-refractivity contribution in [2.24, 2.45) is 0 Å². The number of amides is 1. The van der Waals surface area contributed by atoms with Crippen LogP contribution in [0.15, 0.2) is 42.5 Å². The van der Waals surface area contributed by atoms with Gasteiger partial charge >= 0.3 is 0 Å². The van der Waals surface area contributed by atoms with Gasteiger partial charge in [0.05, 0.1) is 20.7 Å². The van der Waals surface area contributed by atoms with Gasteiger partial charge in [-0.25, -0.2) is 0 Å². The first-order valence-corrected chi connectivity index (χ1v) is 6.24. The molecule has 2 rings (SSSR count). The number of hydrogen-bond donors (Lipinski definition) is 1. The molecule has 0 bridgehead atoms. The normalized spacial score (nSPS) is 10.1. The molecule has 2 aromatic rings. The molecule has 102 valence electrons. The molecule has 2 aromatic carbocycles. The second kappa shape index (κ2) is 5.90. The van der Waals surface area contributed by atoms with Crippen molar-refractivity contribution >= 4 is 40.5 Å². The SMILES string of the molecule is O=C(Nc1c(Cl)cccc1Cl)c1ccc([N+](=O)[O-])cc1. The van der Waals surface area contributed by atoms with E-state index in [2.05, 4.69) is 5.32 Å². The Balaban J connectivity index is 2.22. The number of nitrogens with one attached hydrogen (secondary N) is 1. The van der Waals surface area contributed by atoms with Gasteiger partial charge in [0.2, 0.25) is 0 Å². The summed E-state index contributed by atoms with van der Waals surface area (Å²) in [6, 6.07) is 10.1. The predicted molar refractivity (Wildman–Crippen MR) is 77.5 cm³/mol. The zero-order valence-electron chi connectivity index (χ0n) is 9.97. The highest BCUT2D eigenvalue weighted by atomic mass is 35.5. The summed E-state index contributed by atoms with van der Waals surface area (Å²) >= 11 is 11.9. The number of rotatable bonds is 3. The molecule has 1 N–H and O–H groups in total. The van der Waals surface area contributed by atoms with E-state index in [9.17, 15) is 14.9 Å². The van der Waals surface area contributed by atoms with Crippen molar-refractivity contribution in [2.45, 2.75) is 0 Å². The number of carbonyl (C=O) groups excluding carboxylic acids is 1. The van der Waals surface area contributed by atoms with Gasteiger partial charge in [-0.3, -0.25) is 14.9 Å². The van der Waals surface area contributed by atoms with E-state index in [0.29, 0.717) is 15.7 Å². The van der Waals surface area contributed by atoms with Gasteiger partial charge in [-0.1, -0.05) is 29.3 Å². The summed E-state index contributed by atoms with van der Waals surface area (Å²) in [6.45, 7) is 0. The largest absolute Gasteiger partial charge is 0.319 e. The van der Waals surface area contributed by atoms with Gasteiger partial charge < -0.3 is 5.32 Å². The Labute approximate surface area is 124 Å². The highest BCUT2D eigenvalue weighted by molar-refractivity contribution is 6.40. The molecule has 7 heteroatoms. The maximum Gasteiger partial charge on any atom is 0.269 e. The number of halogens is 2. The Morgan fingerprint density at radius 1 is 1.05 bits per heavy atom. The van der Waals surface area contributed by atoms with Gasteiger partial charge in [-0.2, -0.15) is 0 Å². The molecule has 0 saturated carbocycles. The van der Waals surface area contributed by atoms with Crippen LogP contribution in [-0.2, 0) is 0 Å². The van der Waals surface area contributed by atoms with Crippen molar-refractivity contribution in [1.82, 2.24) is 0 Å². The van der Waals surface area contributed by atoms with Gasteiger partial charge in [0, 0.05) is 17.7 Å². The number of anilines is 1. The van der Waals surface area contributed by atoms with Crippen molar-refractivity contribution in [3.05, 3.63) is 68.2 Å². The first kappa shape index (κ1) is 14.3. The molecule has 0 unspecified atom stereocenters. The van der Waals surface area contributed by atoms with Gasteiger partial charge in [0.15, 0.2) is 0 Å². The number of para-hydroxylation sites is 1. The Morgan fingerprint density at radius 2 is 1.60 bits per heavy atom. The van der Waals surface area contributed by atoms with Crippen LogP contribution in [0.25, 0.3) is 0 Å². The van der Waals surface area contributed by atoms with Crippen LogP contribution in [0.1, 0.15) is 10.4 Å². The minimum Gasteiger partial charge on any atom is -0.319 e. The third-order valence-electron chi connectivity index (χ3n) is 2.54. The summed E-state index contributed by atoms with van der Waals surface area (Å²) in [5, 5.41) is 13.7. The number of nitrogens with zero attached hydrogens (tertiary/aromatic N) is 1. The van der Waals surface area contributed by atoms with E-state index in [1.165, 1.54) is 24.3 Å². The summed E-state index contributed by atoms with van der Waals surface area (Å²) in [4.78, 5) is 22.0. The van der Waals surface area contributed by atoms with Crippen molar-refractivity contribution in [3.63, 3.8) is 0 Å². The van der Waals surface area contributed by atoms with Gasteiger partial charge in [0.25, 0.3) is 11.6 Å². The molecule has 1 amide bonds. The van der Waals surface area contributed by atoms with Crippen molar-refractivity contribution in [2.75, 3.05) is 5.32 Å². The lowest BCUT2D eigenvalue weighted by molar-refractivity contribution is -0.384. The zero-order chi connectivity index (χ0) is 14.7. The lowest BCUT2D eigenvalue weighted by Gasteiger charge is -2.08. The van der Waals surface area contributed by atoms with Gasteiger partial charge in [0.1, 0.15) is 0 Å². The Hall–Kier alpha value is -2.11. The molecule has 0 aliphatic carbocycles. The lowest BCUT2D eigenvalue weighted by atomic mass is 10.2. The Kier molecular flexibility index (Phi) is 4.22. The first-order valence-electron chi connectivity index (χ1n) is 5.49. The molecule has 5 nitrogen and oxygen atoms in total. The van der Waals surface area contributed by atoms with E-state index in [1.54, 1.807) is 18.2 Å². The molecule has 0 aliphatic rings. The summed E-state index contributed by atoms with van der Waals surface area (Å²) in [5.74, 6) is -0.449. The smallest absolute Gasteiger partial charge is 0.269 e. The summed E-state index contributed by atoms with van der Waals surface area (Å²) in [5.41, 5.74) is 0.489. The zero-order valence-corrected chi connectivity index (χ0v) is 11.5. The fourth-order valence-electron chi connectivity index (χ4n) is 1.54. The molecular weight excluding hydrogens is 303 g/mol. The number of non-ortho nitro benzene ring substituents is 1.